The average molecular weight is 762 g/mol. The fourth-order valence-electron chi connectivity index (χ4n) is 11.1. The molecule has 11 rings (SSSR count). The first-order valence-electron chi connectivity index (χ1n) is 21.8. The van der Waals surface area contributed by atoms with Gasteiger partial charge in [0, 0.05) is 27.8 Å². The third kappa shape index (κ3) is 5.73. The minimum atomic E-state index is -0.190. The van der Waals surface area contributed by atoms with Crippen LogP contribution >= 0.6 is 0 Å². The summed E-state index contributed by atoms with van der Waals surface area (Å²) < 4.78 is 0. The summed E-state index contributed by atoms with van der Waals surface area (Å²) in [4.78, 5) is 2.53. The van der Waals surface area contributed by atoms with E-state index in [1.165, 1.54) is 132 Å². The van der Waals surface area contributed by atoms with Crippen LogP contribution in [0.1, 0.15) is 93.5 Å². The summed E-state index contributed by atoms with van der Waals surface area (Å²) in [6.45, 7) is 9.56. The molecule has 0 unspecified atom stereocenters. The van der Waals surface area contributed by atoms with Crippen LogP contribution in [0, 0.1) is 0 Å². The first-order valence-corrected chi connectivity index (χ1v) is 21.8. The van der Waals surface area contributed by atoms with E-state index in [4.69, 9.17) is 0 Å². The smallest absolute Gasteiger partial charge is 0.0546 e. The molecule has 0 bridgehead atoms. The molecule has 0 spiro atoms. The quantitative estimate of drug-likeness (QED) is 0.163. The number of benzene rings is 8. The van der Waals surface area contributed by atoms with Crippen molar-refractivity contribution >= 4 is 27.8 Å². The van der Waals surface area contributed by atoms with Gasteiger partial charge in [0.25, 0.3) is 0 Å². The molecule has 0 aromatic heterocycles. The van der Waals surface area contributed by atoms with Gasteiger partial charge in [-0.05, 0) is 139 Å². The molecule has 1 fully saturated rings. The lowest BCUT2D eigenvalue weighted by Gasteiger charge is -2.31. The molecule has 59 heavy (non-hydrogen) atoms. The molecule has 0 heterocycles. The highest BCUT2D eigenvalue weighted by Crippen LogP contribution is 2.56. The molecule has 8 aromatic carbocycles. The molecule has 1 saturated carbocycles. The molecule has 8 aromatic rings. The van der Waals surface area contributed by atoms with Gasteiger partial charge in [-0.2, -0.15) is 0 Å². The third-order valence-electron chi connectivity index (χ3n) is 14.3. The van der Waals surface area contributed by atoms with Crippen LogP contribution in [0.25, 0.3) is 55.3 Å². The van der Waals surface area contributed by atoms with E-state index in [2.05, 4.69) is 202 Å². The van der Waals surface area contributed by atoms with Crippen molar-refractivity contribution in [3.05, 3.63) is 198 Å². The highest BCUT2D eigenvalue weighted by Gasteiger charge is 2.39. The Morgan fingerprint density at radius 2 is 1.05 bits per heavy atom. The molecule has 1 nitrogen and oxygen atoms in total. The Bertz CT molecular complexity index is 2910. The van der Waals surface area contributed by atoms with Gasteiger partial charge in [0.15, 0.2) is 0 Å². The van der Waals surface area contributed by atoms with Gasteiger partial charge < -0.3 is 4.90 Å². The molecule has 3 aliphatic carbocycles. The van der Waals surface area contributed by atoms with Gasteiger partial charge in [0.05, 0.1) is 5.69 Å². The van der Waals surface area contributed by atoms with Crippen molar-refractivity contribution in [3.8, 4) is 44.5 Å². The summed E-state index contributed by atoms with van der Waals surface area (Å²) in [6.07, 6.45) is 6.64. The van der Waals surface area contributed by atoms with E-state index in [0.717, 1.165) is 0 Å². The second-order valence-electron chi connectivity index (χ2n) is 18.4. The minimum absolute atomic E-state index is 0.0123. The lowest BCUT2D eigenvalue weighted by atomic mass is 9.81. The highest BCUT2D eigenvalue weighted by atomic mass is 15.1. The summed E-state index contributed by atoms with van der Waals surface area (Å²) >= 11 is 0. The van der Waals surface area contributed by atoms with Crippen LogP contribution in [0.4, 0.5) is 17.1 Å². The summed E-state index contributed by atoms with van der Waals surface area (Å²) in [6, 6.07) is 64.6. The maximum absolute atomic E-state index is 2.53. The normalized spacial score (nSPS) is 16.0. The van der Waals surface area contributed by atoms with E-state index in [-0.39, 0.29) is 10.8 Å². The van der Waals surface area contributed by atoms with Gasteiger partial charge in [-0.3, -0.25) is 0 Å². The molecule has 0 N–H and O–H groups in total. The molecule has 0 aliphatic heterocycles. The molecular formula is C58H51N. The monoisotopic (exact) mass is 761 g/mol. The summed E-state index contributed by atoms with van der Waals surface area (Å²) in [5, 5.41) is 2.49. The number of hydrogen-bond donors (Lipinski definition) is 0. The molecule has 3 aliphatic rings. The number of rotatable bonds is 6. The molecule has 0 radical (unpaired) electrons. The predicted octanol–water partition coefficient (Wildman–Crippen LogP) is 16.3. The SMILES string of the molecule is CC1(C)c2ccccc2-c2cc(-c3cccc4c3-c3ccc(N(c5ccc(C6CCCCC6)cc5)c5cc6ccccc6cc5-c5ccccc5)cc3C4(C)C)ccc21. The molecule has 0 atom stereocenters. The summed E-state index contributed by atoms with van der Waals surface area (Å²) in [7, 11) is 0. The summed E-state index contributed by atoms with van der Waals surface area (Å²) in [5.41, 5.74) is 20.9. The van der Waals surface area contributed by atoms with Crippen molar-refractivity contribution in [1.29, 1.82) is 0 Å². The van der Waals surface area contributed by atoms with Gasteiger partial charge >= 0.3 is 0 Å². The van der Waals surface area contributed by atoms with Crippen molar-refractivity contribution < 1.29 is 0 Å². The van der Waals surface area contributed by atoms with Crippen molar-refractivity contribution in [1.82, 2.24) is 0 Å². The zero-order chi connectivity index (χ0) is 39.9. The van der Waals surface area contributed by atoms with E-state index >= 15 is 0 Å². The number of nitrogens with zero attached hydrogens (tertiary/aromatic N) is 1. The van der Waals surface area contributed by atoms with Crippen LogP contribution in [0.3, 0.4) is 0 Å². The van der Waals surface area contributed by atoms with E-state index in [9.17, 15) is 0 Å². The fraction of sp³-hybridized carbons (Fsp3) is 0.207. The topological polar surface area (TPSA) is 3.24 Å². The third-order valence-corrected chi connectivity index (χ3v) is 14.3. The molecule has 0 amide bonds. The standard InChI is InChI=1S/C58H51N/c1-57(2)51-24-14-13-22-47(51)50-35-43(28-33-52(50)57)46-23-15-25-53-56(46)48-32-31-45(37-54(48)58(53,3)4)59(44-29-26-39(27-30-44)38-16-7-5-8-17-38)55-36-42-21-12-11-20-41(42)34-49(55)40-18-9-6-10-19-40/h6,9-15,18-38H,5,7-8,16-17H2,1-4H3. The Morgan fingerprint density at radius 1 is 0.407 bits per heavy atom. The van der Waals surface area contributed by atoms with Crippen LogP contribution in [0.15, 0.2) is 170 Å². The van der Waals surface area contributed by atoms with E-state index in [1.54, 1.807) is 0 Å². The number of hydrogen-bond acceptors (Lipinski definition) is 1. The largest absolute Gasteiger partial charge is 0.310 e. The maximum Gasteiger partial charge on any atom is 0.0546 e. The second-order valence-corrected chi connectivity index (χ2v) is 18.4. The van der Waals surface area contributed by atoms with Crippen LogP contribution < -0.4 is 4.90 Å². The van der Waals surface area contributed by atoms with Crippen LogP contribution in [-0.4, -0.2) is 0 Å². The first kappa shape index (κ1) is 35.9. The highest BCUT2D eigenvalue weighted by molar-refractivity contribution is 6.00. The van der Waals surface area contributed by atoms with Crippen LogP contribution in [-0.2, 0) is 10.8 Å². The van der Waals surface area contributed by atoms with Gasteiger partial charge in [0.1, 0.15) is 0 Å². The predicted molar refractivity (Wildman–Crippen MR) is 250 cm³/mol. The van der Waals surface area contributed by atoms with Crippen LogP contribution in [0.5, 0.6) is 0 Å². The fourth-order valence-corrected chi connectivity index (χ4v) is 11.1. The Morgan fingerprint density at radius 3 is 1.85 bits per heavy atom. The van der Waals surface area contributed by atoms with Gasteiger partial charge in [0.2, 0.25) is 0 Å². The zero-order valence-electron chi connectivity index (χ0n) is 34.7. The molecule has 288 valence electrons. The van der Waals surface area contributed by atoms with E-state index < -0.39 is 0 Å². The van der Waals surface area contributed by atoms with Crippen molar-refractivity contribution in [2.45, 2.75) is 76.5 Å². The Labute approximate surface area is 350 Å². The summed E-state index contributed by atoms with van der Waals surface area (Å²) in [5.74, 6) is 0.659. The Kier molecular flexibility index (Phi) is 8.35. The number of fused-ring (bicyclic) bond motifs is 7. The average Bonchev–Trinajstić information content (AvgIpc) is 3.66. The lowest BCUT2D eigenvalue weighted by Crippen LogP contribution is -2.17. The molecule has 1 heteroatoms. The second kappa shape index (κ2) is 13.7. The molecular weight excluding hydrogens is 711 g/mol. The van der Waals surface area contributed by atoms with Gasteiger partial charge in [-0.1, -0.05) is 174 Å². The van der Waals surface area contributed by atoms with Crippen LogP contribution in [0.2, 0.25) is 0 Å². The van der Waals surface area contributed by atoms with E-state index in [1.807, 2.05) is 0 Å². The molecule has 0 saturated heterocycles. The van der Waals surface area contributed by atoms with Gasteiger partial charge in [-0.15, -0.1) is 0 Å². The lowest BCUT2D eigenvalue weighted by molar-refractivity contribution is 0.443. The zero-order valence-corrected chi connectivity index (χ0v) is 34.7. The van der Waals surface area contributed by atoms with Crippen molar-refractivity contribution in [3.63, 3.8) is 0 Å². The Balaban J connectivity index is 1.08. The minimum Gasteiger partial charge on any atom is -0.310 e. The van der Waals surface area contributed by atoms with Crippen molar-refractivity contribution in [2.24, 2.45) is 0 Å². The Hall–Kier alpha value is -6.18. The first-order chi connectivity index (χ1) is 28.8. The number of anilines is 3. The van der Waals surface area contributed by atoms with Gasteiger partial charge in [-0.25, -0.2) is 0 Å². The maximum atomic E-state index is 2.53. The van der Waals surface area contributed by atoms with E-state index in [0.29, 0.717) is 5.92 Å². The van der Waals surface area contributed by atoms with Crippen molar-refractivity contribution in [2.75, 3.05) is 4.90 Å².